The van der Waals surface area contributed by atoms with Gasteiger partial charge < -0.3 is 4.74 Å². The van der Waals surface area contributed by atoms with Gasteiger partial charge >= 0.3 is 0 Å². The summed E-state index contributed by atoms with van der Waals surface area (Å²) in [6, 6.07) is 10.1. The third-order valence-corrected chi connectivity index (χ3v) is 3.87. The fraction of sp³-hybridized carbons (Fsp3) is 0.462. The number of hydrogen-bond donors (Lipinski definition) is 0. The normalized spacial score (nSPS) is 20.2. The first-order valence-electron chi connectivity index (χ1n) is 5.58. The minimum Gasteiger partial charge on any atom is -0.377 e. The van der Waals surface area contributed by atoms with Crippen molar-refractivity contribution in [3.05, 3.63) is 35.9 Å². The van der Waals surface area contributed by atoms with E-state index in [2.05, 4.69) is 12.1 Å². The van der Waals surface area contributed by atoms with E-state index in [4.69, 9.17) is 4.74 Å². The molecule has 1 fully saturated rings. The van der Waals surface area contributed by atoms with Crippen LogP contribution in [0.1, 0.15) is 12.0 Å². The Labute approximate surface area is 100 Å². The van der Waals surface area contributed by atoms with Crippen molar-refractivity contribution < 1.29 is 9.53 Å². The molecule has 16 heavy (non-hydrogen) atoms. The van der Waals surface area contributed by atoms with E-state index >= 15 is 0 Å². The molecule has 0 saturated carbocycles. The summed E-state index contributed by atoms with van der Waals surface area (Å²) in [5, 5.41) is 0. The molecule has 0 N–H and O–H groups in total. The average molecular weight is 236 g/mol. The Kier molecular flexibility index (Phi) is 4.43. The molecule has 2 nitrogen and oxygen atoms in total. The molecule has 3 heteroatoms. The lowest BCUT2D eigenvalue weighted by molar-refractivity contribution is -0.119. The Morgan fingerprint density at radius 1 is 1.31 bits per heavy atom. The Morgan fingerprint density at radius 2 is 2.12 bits per heavy atom. The second-order valence-electron chi connectivity index (χ2n) is 4.01. The SMILES string of the molecule is O=C1CSCC1CCOCc1ccccc1. The lowest BCUT2D eigenvalue weighted by Crippen LogP contribution is -2.13. The molecule has 1 heterocycles. The molecule has 86 valence electrons. The van der Waals surface area contributed by atoms with Gasteiger partial charge in [0.1, 0.15) is 5.78 Å². The van der Waals surface area contributed by atoms with E-state index in [1.54, 1.807) is 11.8 Å². The molecule has 1 saturated heterocycles. The van der Waals surface area contributed by atoms with Crippen molar-refractivity contribution in [3.63, 3.8) is 0 Å². The summed E-state index contributed by atoms with van der Waals surface area (Å²) in [6.45, 7) is 1.33. The van der Waals surface area contributed by atoms with E-state index in [1.165, 1.54) is 5.56 Å². The van der Waals surface area contributed by atoms with E-state index in [-0.39, 0.29) is 5.92 Å². The van der Waals surface area contributed by atoms with E-state index in [0.717, 1.165) is 12.2 Å². The van der Waals surface area contributed by atoms with Crippen molar-refractivity contribution >= 4 is 17.5 Å². The van der Waals surface area contributed by atoms with Gasteiger partial charge in [0, 0.05) is 18.3 Å². The van der Waals surface area contributed by atoms with Crippen LogP contribution in [-0.2, 0) is 16.1 Å². The highest BCUT2D eigenvalue weighted by atomic mass is 32.2. The molecule has 1 aromatic rings. The maximum absolute atomic E-state index is 11.4. The number of benzene rings is 1. The van der Waals surface area contributed by atoms with Gasteiger partial charge in [-0.15, -0.1) is 0 Å². The highest BCUT2D eigenvalue weighted by Gasteiger charge is 2.24. The molecule has 0 bridgehead atoms. The summed E-state index contributed by atoms with van der Waals surface area (Å²) in [5.41, 5.74) is 1.19. The predicted molar refractivity (Wildman–Crippen MR) is 66.5 cm³/mol. The zero-order valence-electron chi connectivity index (χ0n) is 9.22. The van der Waals surface area contributed by atoms with Crippen molar-refractivity contribution in [2.24, 2.45) is 5.92 Å². The van der Waals surface area contributed by atoms with Gasteiger partial charge in [0.2, 0.25) is 0 Å². The van der Waals surface area contributed by atoms with Crippen LogP contribution in [0, 0.1) is 5.92 Å². The molecular formula is C13H16O2S. The first-order valence-corrected chi connectivity index (χ1v) is 6.74. The Hall–Kier alpha value is -0.800. The maximum atomic E-state index is 11.4. The second-order valence-corrected chi connectivity index (χ2v) is 5.04. The van der Waals surface area contributed by atoms with Crippen molar-refractivity contribution in [1.82, 2.24) is 0 Å². The summed E-state index contributed by atoms with van der Waals surface area (Å²) < 4.78 is 5.57. The van der Waals surface area contributed by atoms with Gasteiger partial charge in [-0.1, -0.05) is 30.3 Å². The van der Waals surface area contributed by atoms with Crippen molar-refractivity contribution in [3.8, 4) is 0 Å². The molecule has 1 aromatic carbocycles. The van der Waals surface area contributed by atoms with Gasteiger partial charge in [0.15, 0.2) is 0 Å². The Balaban J connectivity index is 1.64. The highest BCUT2D eigenvalue weighted by Crippen LogP contribution is 2.22. The fourth-order valence-electron chi connectivity index (χ4n) is 1.75. The Bertz CT molecular complexity index is 337. The standard InChI is InChI=1S/C13H16O2S/c14-13-10-16-9-12(13)6-7-15-8-11-4-2-1-3-5-11/h1-5,12H,6-10H2. The summed E-state index contributed by atoms with van der Waals surface area (Å²) >= 11 is 1.74. The number of Topliss-reactive ketones (excluding diaryl/α,β-unsaturated/α-hetero) is 1. The minimum absolute atomic E-state index is 0.237. The summed E-state index contributed by atoms with van der Waals surface area (Å²) in [6.07, 6.45) is 0.874. The van der Waals surface area contributed by atoms with Crippen LogP contribution in [0.3, 0.4) is 0 Å². The number of ketones is 1. The number of carbonyl (C=O) groups is 1. The van der Waals surface area contributed by atoms with E-state index < -0.39 is 0 Å². The largest absolute Gasteiger partial charge is 0.377 e. The van der Waals surface area contributed by atoms with Gasteiger partial charge in [-0.05, 0) is 12.0 Å². The van der Waals surface area contributed by atoms with Crippen molar-refractivity contribution in [1.29, 1.82) is 0 Å². The van der Waals surface area contributed by atoms with Gasteiger partial charge in [0.25, 0.3) is 0 Å². The van der Waals surface area contributed by atoms with Crippen molar-refractivity contribution in [2.75, 3.05) is 18.1 Å². The van der Waals surface area contributed by atoms with Crippen LogP contribution in [-0.4, -0.2) is 23.9 Å². The van der Waals surface area contributed by atoms with Crippen LogP contribution in [0.25, 0.3) is 0 Å². The van der Waals surface area contributed by atoms with Gasteiger partial charge in [-0.3, -0.25) is 4.79 Å². The molecule has 1 aliphatic rings. The summed E-state index contributed by atoms with van der Waals surface area (Å²) in [4.78, 5) is 11.4. The fourth-order valence-corrected chi connectivity index (χ4v) is 2.94. The van der Waals surface area contributed by atoms with Crippen molar-refractivity contribution in [2.45, 2.75) is 13.0 Å². The summed E-state index contributed by atoms with van der Waals surface area (Å²) in [7, 11) is 0. The maximum Gasteiger partial charge on any atom is 0.146 e. The van der Waals surface area contributed by atoms with E-state index in [9.17, 15) is 4.79 Å². The molecular weight excluding hydrogens is 220 g/mol. The zero-order valence-corrected chi connectivity index (χ0v) is 10.0. The number of carbonyl (C=O) groups excluding carboxylic acids is 1. The number of hydrogen-bond acceptors (Lipinski definition) is 3. The molecule has 0 amide bonds. The molecule has 0 aromatic heterocycles. The smallest absolute Gasteiger partial charge is 0.146 e. The number of rotatable bonds is 5. The van der Waals surface area contributed by atoms with Crippen LogP contribution >= 0.6 is 11.8 Å². The first kappa shape index (κ1) is 11.7. The zero-order chi connectivity index (χ0) is 11.2. The third-order valence-electron chi connectivity index (χ3n) is 2.74. The van der Waals surface area contributed by atoms with Gasteiger partial charge in [-0.2, -0.15) is 11.8 Å². The third kappa shape index (κ3) is 3.35. The topological polar surface area (TPSA) is 26.3 Å². The minimum atomic E-state index is 0.237. The van der Waals surface area contributed by atoms with Crippen LogP contribution in [0.15, 0.2) is 30.3 Å². The first-order chi connectivity index (χ1) is 7.86. The second kappa shape index (κ2) is 6.06. The molecule has 0 radical (unpaired) electrons. The monoisotopic (exact) mass is 236 g/mol. The number of ether oxygens (including phenoxy) is 1. The lowest BCUT2D eigenvalue weighted by Gasteiger charge is -2.07. The highest BCUT2D eigenvalue weighted by molar-refractivity contribution is 8.00. The molecule has 1 atom stereocenters. The molecule has 2 rings (SSSR count). The van der Waals surface area contributed by atoms with E-state index in [0.29, 0.717) is 24.7 Å². The lowest BCUT2D eigenvalue weighted by atomic mass is 10.1. The average Bonchev–Trinajstić information content (AvgIpc) is 2.72. The van der Waals surface area contributed by atoms with Crippen LogP contribution in [0.5, 0.6) is 0 Å². The summed E-state index contributed by atoms with van der Waals surface area (Å²) in [5.74, 6) is 2.31. The van der Waals surface area contributed by atoms with Crippen LogP contribution in [0.4, 0.5) is 0 Å². The molecule has 0 aliphatic carbocycles. The van der Waals surface area contributed by atoms with E-state index in [1.807, 2.05) is 18.2 Å². The molecule has 1 aliphatic heterocycles. The van der Waals surface area contributed by atoms with Crippen LogP contribution in [0.2, 0.25) is 0 Å². The predicted octanol–water partition coefficient (Wildman–Crippen LogP) is 2.53. The molecule has 0 spiro atoms. The Morgan fingerprint density at radius 3 is 2.81 bits per heavy atom. The molecule has 1 unspecified atom stereocenters. The van der Waals surface area contributed by atoms with Gasteiger partial charge in [0.05, 0.1) is 12.4 Å². The van der Waals surface area contributed by atoms with Gasteiger partial charge in [-0.25, -0.2) is 0 Å². The quantitative estimate of drug-likeness (QED) is 0.735. The van der Waals surface area contributed by atoms with Crippen LogP contribution < -0.4 is 0 Å². The number of thioether (sulfide) groups is 1.